The van der Waals surface area contributed by atoms with Crippen molar-refractivity contribution in [1.29, 1.82) is 0 Å². The zero-order chi connectivity index (χ0) is 10.7. The van der Waals surface area contributed by atoms with E-state index in [1.54, 1.807) is 0 Å². The molecule has 82 valence electrons. The molecule has 1 aromatic carbocycles. The van der Waals surface area contributed by atoms with Crippen molar-refractivity contribution < 1.29 is 14.0 Å². The summed E-state index contributed by atoms with van der Waals surface area (Å²) in [6.45, 7) is 0. The van der Waals surface area contributed by atoms with Gasteiger partial charge in [0.05, 0.1) is 6.10 Å². The largest absolute Gasteiger partial charge is 0.495 e. The van der Waals surface area contributed by atoms with Gasteiger partial charge in [0.15, 0.2) is 0 Å². The average molecular weight is 224 g/mol. The van der Waals surface area contributed by atoms with Gasteiger partial charge in [0, 0.05) is 6.04 Å². The monoisotopic (exact) mass is 224 g/mol. The second-order valence-corrected chi connectivity index (χ2v) is 6.29. The maximum atomic E-state index is 9.50. The van der Waals surface area contributed by atoms with Crippen LogP contribution in [0.15, 0.2) is 30.3 Å². The molecule has 3 nitrogen and oxygen atoms in total. The zero-order valence-electron chi connectivity index (χ0n) is 8.60. The minimum Gasteiger partial charge on any atom is -0.390 e. The van der Waals surface area contributed by atoms with Crippen LogP contribution in [-0.2, 0) is 10.8 Å². The maximum absolute atomic E-state index is 9.50. The number of benzene rings is 1. The van der Waals surface area contributed by atoms with E-state index in [2.05, 4.69) is 0 Å². The van der Waals surface area contributed by atoms with Gasteiger partial charge in [-0.15, -0.1) is 0 Å². The summed E-state index contributed by atoms with van der Waals surface area (Å²) >= 11 is 0. The number of rotatable bonds is 2. The van der Waals surface area contributed by atoms with Crippen molar-refractivity contribution in [2.24, 2.45) is 0 Å². The van der Waals surface area contributed by atoms with Crippen LogP contribution in [0.4, 0.5) is 0 Å². The Morgan fingerprint density at radius 2 is 2.00 bits per heavy atom. The lowest BCUT2D eigenvalue weighted by atomic mass is 10.0. The van der Waals surface area contributed by atoms with E-state index in [1.165, 1.54) is 5.56 Å². The average Bonchev–Trinajstić information content (AvgIpc) is 2.17. The first-order valence-corrected chi connectivity index (χ1v) is 7.33. The molecule has 1 heterocycles. The van der Waals surface area contributed by atoms with E-state index in [0.717, 1.165) is 19.3 Å². The highest BCUT2D eigenvalue weighted by Gasteiger charge is 2.38. The van der Waals surface area contributed by atoms with E-state index >= 15 is 0 Å². The van der Waals surface area contributed by atoms with E-state index < -0.39 is 8.80 Å². The third kappa shape index (κ3) is 3.14. The van der Waals surface area contributed by atoms with Gasteiger partial charge in [-0.25, -0.2) is 0 Å². The molecule has 0 bridgehead atoms. The predicted octanol–water partition coefficient (Wildman–Crippen LogP) is 1.33. The summed E-state index contributed by atoms with van der Waals surface area (Å²) < 4.78 is 5.33. The standard InChI is InChI=1S/C11H16O3Si/c12-15(13)8-4-7-11(14-15)9-10-5-2-1-3-6-10/h1-3,5-6,11-13H,4,7-9H2. The normalized spacial score (nSPS) is 25.1. The molecule has 1 aliphatic heterocycles. The quantitative estimate of drug-likeness (QED) is 0.745. The minimum atomic E-state index is -3.31. The summed E-state index contributed by atoms with van der Waals surface area (Å²) in [4.78, 5) is 19.0. The van der Waals surface area contributed by atoms with Crippen molar-refractivity contribution in [2.75, 3.05) is 0 Å². The molecule has 4 heteroatoms. The molecular weight excluding hydrogens is 208 g/mol. The SMILES string of the molecule is O[Si]1(O)CCCC(Cc2ccccc2)O1. The summed E-state index contributed by atoms with van der Waals surface area (Å²) in [6.07, 6.45) is 2.53. The van der Waals surface area contributed by atoms with Crippen molar-refractivity contribution in [3.8, 4) is 0 Å². The molecule has 15 heavy (non-hydrogen) atoms. The fraction of sp³-hybridized carbons (Fsp3) is 0.455. The third-order valence-electron chi connectivity index (χ3n) is 2.69. The Bertz CT molecular complexity index is 313. The van der Waals surface area contributed by atoms with Gasteiger partial charge in [-0.3, -0.25) is 0 Å². The zero-order valence-corrected chi connectivity index (χ0v) is 9.60. The molecule has 1 fully saturated rings. The molecule has 0 aliphatic carbocycles. The van der Waals surface area contributed by atoms with Crippen LogP contribution in [0.2, 0.25) is 6.04 Å². The van der Waals surface area contributed by atoms with E-state index in [0.29, 0.717) is 6.04 Å². The number of hydrogen-bond acceptors (Lipinski definition) is 3. The lowest BCUT2D eigenvalue weighted by molar-refractivity contribution is 0.0629. The first kappa shape index (κ1) is 10.8. The van der Waals surface area contributed by atoms with Gasteiger partial charge in [-0.05, 0) is 24.8 Å². The van der Waals surface area contributed by atoms with Crippen molar-refractivity contribution in [2.45, 2.75) is 31.4 Å². The molecule has 2 N–H and O–H groups in total. The Morgan fingerprint density at radius 3 is 2.67 bits per heavy atom. The van der Waals surface area contributed by atoms with E-state index in [9.17, 15) is 9.59 Å². The van der Waals surface area contributed by atoms with Crippen LogP contribution in [0.25, 0.3) is 0 Å². The molecule has 0 spiro atoms. The highest BCUT2D eigenvalue weighted by Crippen LogP contribution is 2.24. The fourth-order valence-electron chi connectivity index (χ4n) is 1.97. The topological polar surface area (TPSA) is 49.7 Å². The fourth-order valence-corrected chi connectivity index (χ4v) is 3.48. The van der Waals surface area contributed by atoms with Gasteiger partial charge >= 0.3 is 8.80 Å². The van der Waals surface area contributed by atoms with Gasteiger partial charge in [0.2, 0.25) is 0 Å². The molecule has 2 rings (SSSR count). The first-order valence-electron chi connectivity index (χ1n) is 5.32. The maximum Gasteiger partial charge on any atom is 0.495 e. The van der Waals surface area contributed by atoms with E-state index in [4.69, 9.17) is 4.43 Å². The van der Waals surface area contributed by atoms with Crippen LogP contribution in [0.3, 0.4) is 0 Å². The third-order valence-corrected chi connectivity index (χ3v) is 4.41. The van der Waals surface area contributed by atoms with Gasteiger partial charge in [-0.2, -0.15) is 0 Å². The summed E-state index contributed by atoms with van der Waals surface area (Å²) in [5.74, 6) is 0. The molecular formula is C11H16O3Si. The summed E-state index contributed by atoms with van der Waals surface area (Å²) in [6, 6.07) is 10.5. The predicted molar refractivity (Wildman–Crippen MR) is 59.3 cm³/mol. The summed E-state index contributed by atoms with van der Waals surface area (Å²) in [5, 5.41) is 0. The molecule has 1 atom stereocenters. The Hall–Kier alpha value is -0.683. The van der Waals surface area contributed by atoms with Gasteiger partial charge in [0.25, 0.3) is 0 Å². The van der Waals surface area contributed by atoms with Gasteiger partial charge < -0.3 is 14.0 Å². The van der Waals surface area contributed by atoms with Crippen LogP contribution >= 0.6 is 0 Å². The van der Waals surface area contributed by atoms with Crippen LogP contribution in [0, 0.1) is 0 Å². The molecule has 1 aromatic rings. The smallest absolute Gasteiger partial charge is 0.390 e. The lowest BCUT2D eigenvalue weighted by Gasteiger charge is -2.30. The summed E-state index contributed by atoms with van der Waals surface area (Å²) in [5.41, 5.74) is 1.19. The second-order valence-electron chi connectivity index (χ2n) is 4.06. The molecule has 0 radical (unpaired) electrons. The molecule has 1 aliphatic rings. The van der Waals surface area contributed by atoms with Crippen LogP contribution < -0.4 is 0 Å². The Balaban J connectivity index is 1.95. The van der Waals surface area contributed by atoms with E-state index in [-0.39, 0.29) is 6.10 Å². The van der Waals surface area contributed by atoms with Crippen LogP contribution in [-0.4, -0.2) is 24.5 Å². The Labute approximate surface area is 90.7 Å². The highest BCUT2D eigenvalue weighted by atomic mass is 28.4. The van der Waals surface area contributed by atoms with Crippen molar-refractivity contribution >= 4 is 8.80 Å². The van der Waals surface area contributed by atoms with Gasteiger partial charge in [0.1, 0.15) is 0 Å². The van der Waals surface area contributed by atoms with Crippen molar-refractivity contribution in [3.05, 3.63) is 35.9 Å². The molecule has 1 saturated heterocycles. The highest BCUT2D eigenvalue weighted by molar-refractivity contribution is 6.57. The van der Waals surface area contributed by atoms with Gasteiger partial charge in [-0.1, -0.05) is 30.3 Å². The molecule has 0 aromatic heterocycles. The Kier molecular flexibility index (Phi) is 3.21. The molecule has 0 amide bonds. The van der Waals surface area contributed by atoms with Crippen molar-refractivity contribution in [1.82, 2.24) is 0 Å². The lowest BCUT2D eigenvalue weighted by Crippen LogP contribution is -2.46. The Morgan fingerprint density at radius 1 is 1.27 bits per heavy atom. The number of hydrogen-bond donors (Lipinski definition) is 2. The van der Waals surface area contributed by atoms with Crippen molar-refractivity contribution in [3.63, 3.8) is 0 Å². The molecule has 0 saturated carbocycles. The van der Waals surface area contributed by atoms with Crippen LogP contribution in [0.5, 0.6) is 0 Å². The second kappa shape index (κ2) is 4.45. The molecule has 1 unspecified atom stereocenters. The first-order chi connectivity index (χ1) is 7.16. The summed E-state index contributed by atoms with van der Waals surface area (Å²) in [7, 11) is -3.31. The minimum absolute atomic E-state index is 0.0252. The van der Waals surface area contributed by atoms with E-state index in [1.807, 2.05) is 30.3 Å². The van der Waals surface area contributed by atoms with Crippen LogP contribution in [0.1, 0.15) is 18.4 Å².